The molecule has 0 aliphatic carbocycles. The molecule has 2 aromatic rings. The number of anilines is 1. The number of esters is 1. The van der Waals surface area contributed by atoms with E-state index in [2.05, 4.69) is 5.32 Å². The minimum absolute atomic E-state index is 0.00221. The van der Waals surface area contributed by atoms with Gasteiger partial charge in [0.25, 0.3) is 0 Å². The van der Waals surface area contributed by atoms with E-state index in [9.17, 15) is 14.4 Å². The Morgan fingerprint density at radius 1 is 1.07 bits per heavy atom. The summed E-state index contributed by atoms with van der Waals surface area (Å²) in [7, 11) is 2.89. The van der Waals surface area contributed by atoms with Crippen molar-refractivity contribution in [2.45, 2.75) is 0 Å². The number of Topliss-reactive ketones (excluding diaryl/α,β-unsaturated/α-hetero) is 2. The zero-order valence-electron chi connectivity index (χ0n) is 15.9. The third-order valence-corrected chi connectivity index (χ3v) is 4.13. The number of hydrogen-bond donors (Lipinski definition) is 1. The molecule has 8 heteroatoms. The molecule has 2 aromatic carbocycles. The second-order valence-electron chi connectivity index (χ2n) is 5.97. The molecule has 1 heterocycles. The Kier molecular flexibility index (Phi) is 6.13. The molecule has 0 radical (unpaired) electrons. The Balaban J connectivity index is 1.73. The van der Waals surface area contributed by atoms with Crippen LogP contribution >= 0.6 is 0 Å². The first-order valence-electron chi connectivity index (χ1n) is 8.68. The molecular weight excluding hydrogens is 378 g/mol. The van der Waals surface area contributed by atoms with Gasteiger partial charge in [-0.15, -0.1) is 0 Å². The predicted octanol–water partition coefficient (Wildman–Crippen LogP) is 2.35. The maximum atomic E-state index is 12.5. The van der Waals surface area contributed by atoms with Crippen LogP contribution in [0.5, 0.6) is 11.5 Å². The third kappa shape index (κ3) is 4.55. The highest BCUT2D eigenvalue weighted by Gasteiger charge is 2.33. The van der Waals surface area contributed by atoms with Crippen molar-refractivity contribution in [1.29, 1.82) is 0 Å². The molecule has 0 unspecified atom stereocenters. The number of ether oxygens (including phenoxy) is 4. The van der Waals surface area contributed by atoms with E-state index in [-0.39, 0.29) is 23.6 Å². The van der Waals surface area contributed by atoms with E-state index in [4.69, 9.17) is 18.9 Å². The summed E-state index contributed by atoms with van der Waals surface area (Å²) in [6.45, 7) is -0.852. The molecule has 0 bridgehead atoms. The van der Waals surface area contributed by atoms with E-state index in [1.54, 1.807) is 36.4 Å². The first kappa shape index (κ1) is 19.9. The molecule has 0 atom stereocenters. The minimum atomic E-state index is -0.943. The fourth-order valence-electron chi connectivity index (χ4n) is 2.68. The summed E-state index contributed by atoms with van der Waals surface area (Å²) in [5.74, 6) is -1.20. The van der Waals surface area contributed by atoms with Crippen LogP contribution in [0, 0.1) is 0 Å². The van der Waals surface area contributed by atoms with E-state index in [0.717, 1.165) is 0 Å². The lowest BCUT2D eigenvalue weighted by Gasteiger charge is -2.11. The molecule has 1 N–H and O–H groups in total. The van der Waals surface area contributed by atoms with Crippen LogP contribution in [0.1, 0.15) is 10.4 Å². The summed E-state index contributed by atoms with van der Waals surface area (Å²) in [5.41, 5.74) is 0.573. The number of nitrogens with one attached hydrogen (secondary N) is 1. The van der Waals surface area contributed by atoms with Gasteiger partial charge in [-0.05, 0) is 30.3 Å². The zero-order valence-corrected chi connectivity index (χ0v) is 15.9. The predicted molar refractivity (Wildman–Crippen MR) is 103 cm³/mol. The first-order valence-corrected chi connectivity index (χ1v) is 8.68. The van der Waals surface area contributed by atoms with Gasteiger partial charge in [-0.3, -0.25) is 9.59 Å². The van der Waals surface area contributed by atoms with Crippen LogP contribution in [0.2, 0.25) is 0 Å². The summed E-state index contributed by atoms with van der Waals surface area (Å²) in [4.78, 5) is 37.0. The number of rotatable bonds is 8. The van der Waals surface area contributed by atoms with E-state index in [1.165, 1.54) is 20.3 Å². The molecule has 3 rings (SSSR count). The van der Waals surface area contributed by atoms with Crippen LogP contribution < -0.4 is 14.8 Å². The van der Waals surface area contributed by atoms with E-state index in [0.29, 0.717) is 17.2 Å². The molecule has 29 heavy (non-hydrogen) atoms. The summed E-state index contributed by atoms with van der Waals surface area (Å²) in [5, 5.41) is 2.87. The molecule has 0 saturated heterocycles. The Morgan fingerprint density at radius 2 is 1.83 bits per heavy atom. The van der Waals surface area contributed by atoms with E-state index < -0.39 is 24.1 Å². The highest BCUT2D eigenvalue weighted by atomic mass is 16.5. The smallest absolute Gasteiger partial charge is 0.347 e. The van der Waals surface area contributed by atoms with Crippen LogP contribution in [0.3, 0.4) is 0 Å². The van der Waals surface area contributed by atoms with Crippen molar-refractivity contribution in [3.8, 4) is 11.5 Å². The van der Waals surface area contributed by atoms with Crippen LogP contribution in [-0.2, 0) is 19.1 Å². The molecule has 0 aromatic heterocycles. The van der Waals surface area contributed by atoms with Crippen LogP contribution in [0.4, 0.5) is 5.69 Å². The lowest BCUT2D eigenvalue weighted by molar-refractivity contribution is -0.139. The number of carbonyl (C=O) groups is 3. The summed E-state index contributed by atoms with van der Waals surface area (Å²) < 4.78 is 20.6. The number of ketones is 2. The molecule has 0 amide bonds. The first-order chi connectivity index (χ1) is 14.0. The van der Waals surface area contributed by atoms with Gasteiger partial charge in [-0.25, -0.2) is 4.79 Å². The molecule has 0 fully saturated rings. The molecule has 1 aliphatic rings. The van der Waals surface area contributed by atoms with Crippen molar-refractivity contribution in [3.05, 3.63) is 65.6 Å². The number of benzene rings is 2. The van der Waals surface area contributed by atoms with Gasteiger partial charge in [0.15, 0.2) is 18.8 Å². The second-order valence-corrected chi connectivity index (χ2v) is 5.97. The van der Waals surface area contributed by atoms with Gasteiger partial charge in [-0.2, -0.15) is 0 Å². The summed E-state index contributed by atoms with van der Waals surface area (Å²) >= 11 is 0. The Bertz CT molecular complexity index is 966. The Hall–Kier alpha value is -3.81. The second kappa shape index (κ2) is 8.92. The average molecular weight is 397 g/mol. The summed E-state index contributed by atoms with van der Waals surface area (Å²) in [6.07, 6.45) is 0. The quantitative estimate of drug-likeness (QED) is 0.412. The highest BCUT2D eigenvalue weighted by molar-refractivity contribution is 6.20. The highest BCUT2D eigenvalue weighted by Crippen LogP contribution is 2.25. The third-order valence-electron chi connectivity index (χ3n) is 4.13. The van der Waals surface area contributed by atoms with Crippen molar-refractivity contribution in [1.82, 2.24) is 0 Å². The molecule has 0 spiro atoms. The number of para-hydroxylation sites is 1. The molecule has 1 aliphatic heterocycles. The van der Waals surface area contributed by atoms with Crippen molar-refractivity contribution < 1.29 is 33.3 Å². The SMILES string of the molecule is COc1ccc(OC)c(C(=O)COC(=O)C2=C(Nc3ccccc3)OCC2=O)c1. The number of carbonyl (C=O) groups excluding carboxylic acids is 3. The monoisotopic (exact) mass is 397 g/mol. The van der Waals surface area contributed by atoms with Gasteiger partial charge in [0.1, 0.15) is 11.5 Å². The summed E-state index contributed by atoms with van der Waals surface area (Å²) in [6, 6.07) is 13.6. The van der Waals surface area contributed by atoms with Crippen LogP contribution in [-0.4, -0.2) is 45.0 Å². The van der Waals surface area contributed by atoms with Gasteiger partial charge < -0.3 is 24.3 Å². The van der Waals surface area contributed by atoms with E-state index >= 15 is 0 Å². The van der Waals surface area contributed by atoms with Gasteiger partial charge >= 0.3 is 5.97 Å². The number of methoxy groups -OCH3 is 2. The maximum absolute atomic E-state index is 12.5. The van der Waals surface area contributed by atoms with Gasteiger partial charge in [0, 0.05) is 5.69 Å². The van der Waals surface area contributed by atoms with Crippen LogP contribution in [0.25, 0.3) is 0 Å². The maximum Gasteiger partial charge on any atom is 0.347 e. The zero-order chi connectivity index (χ0) is 20.8. The molecule has 8 nitrogen and oxygen atoms in total. The number of hydrogen-bond acceptors (Lipinski definition) is 8. The Morgan fingerprint density at radius 3 is 2.52 bits per heavy atom. The van der Waals surface area contributed by atoms with Crippen LogP contribution in [0.15, 0.2) is 60.0 Å². The van der Waals surface area contributed by atoms with Crippen molar-refractivity contribution in [2.24, 2.45) is 0 Å². The normalized spacial score (nSPS) is 13.0. The molecule has 150 valence electrons. The molecule has 0 saturated carbocycles. The molecular formula is C21H19NO7. The lowest BCUT2D eigenvalue weighted by atomic mass is 10.1. The lowest BCUT2D eigenvalue weighted by Crippen LogP contribution is -2.20. The van der Waals surface area contributed by atoms with E-state index in [1.807, 2.05) is 6.07 Å². The van der Waals surface area contributed by atoms with Crippen molar-refractivity contribution in [3.63, 3.8) is 0 Å². The van der Waals surface area contributed by atoms with Gasteiger partial charge in [-0.1, -0.05) is 18.2 Å². The fourth-order valence-corrected chi connectivity index (χ4v) is 2.68. The fraction of sp³-hybridized carbons (Fsp3) is 0.190. The Labute approximate surface area is 167 Å². The van der Waals surface area contributed by atoms with Crippen molar-refractivity contribution in [2.75, 3.05) is 32.8 Å². The topological polar surface area (TPSA) is 100 Å². The van der Waals surface area contributed by atoms with Gasteiger partial charge in [0.2, 0.25) is 17.4 Å². The largest absolute Gasteiger partial charge is 0.497 e. The van der Waals surface area contributed by atoms with Crippen molar-refractivity contribution >= 4 is 23.2 Å². The minimum Gasteiger partial charge on any atom is -0.497 e. The standard InChI is InChI=1S/C21H19NO7/c1-26-14-8-9-18(27-2)15(10-14)16(23)11-29-21(25)19-17(24)12-28-20(19)22-13-6-4-3-5-7-13/h3-10,22H,11-12H2,1-2H3. The van der Waals surface area contributed by atoms with Gasteiger partial charge in [0.05, 0.1) is 19.8 Å². The average Bonchev–Trinajstić information content (AvgIpc) is 3.11.